The molecule has 196 valence electrons. The predicted octanol–water partition coefficient (Wildman–Crippen LogP) is 4.15. The van der Waals surface area contributed by atoms with Crippen LogP contribution in [0.15, 0.2) is 78.9 Å². The van der Waals surface area contributed by atoms with Crippen LogP contribution in [0.25, 0.3) is 0 Å². The van der Waals surface area contributed by atoms with Crippen LogP contribution in [-0.4, -0.2) is 52.6 Å². The molecule has 0 aromatic heterocycles. The molecule has 7 heteroatoms. The van der Waals surface area contributed by atoms with Gasteiger partial charge in [0.05, 0.1) is 11.1 Å². The lowest BCUT2D eigenvalue weighted by molar-refractivity contribution is -0.141. The molecule has 7 nitrogen and oxygen atoms in total. The van der Waals surface area contributed by atoms with Crippen molar-refractivity contribution in [3.8, 4) is 0 Å². The van der Waals surface area contributed by atoms with Crippen LogP contribution in [0.5, 0.6) is 0 Å². The van der Waals surface area contributed by atoms with Crippen LogP contribution in [0.4, 0.5) is 0 Å². The van der Waals surface area contributed by atoms with Crippen LogP contribution in [0.3, 0.4) is 0 Å². The standard InChI is InChI=1S/C31H33N3O4/c1-3-32-29(36)27(20-23-10-5-4-6-11-23)34(21-24-17-15-22(2)16-18-24)28(35)14-9-19-33-30(37)25-12-7-8-13-26(25)31(33)38/h4-8,10-13,15-18,27H,3,9,14,19-21H2,1-2H3,(H,32,36). The van der Waals surface area contributed by atoms with Crippen LogP contribution in [0.2, 0.25) is 0 Å². The largest absolute Gasteiger partial charge is 0.355 e. The first-order chi connectivity index (χ1) is 18.4. The lowest BCUT2D eigenvalue weighted by atomic mass is 10.0. The molecule has 0 aliphatic carbocycles. The van der Waals surface area contributed by atoms with Gasteiger partial charge in [-0.2, -0.15) is 0 Å². The van der Waals surface area contributed by atoms with E-state index in [1.54, 1.807) is 29.2 Å². The molecule has 0 spiro atoms. The van der Waals surface area contributed by atoms with Crippen LogP contribution >= 0.6 is 0 Å². The summed E-state index contributed by atoms with van der Waals surface area (Å²) < 4.78 is 0. The number of imide groups is 1. The molecule has 3 aromatic carbocycles. The topological polar surface area (TPSA) is 86.8 Å². The Hall–Kier alpha value is -4.26. The summed E-state index contributed by atoms with van der Waals surface area (Å²) in [6.07, 6.45) is 0.787. The minimum atomic E-state index is -0.703. The summed E-state index contributed by atoms with van der Waals surface area (Å²) >= 11 is 0. The van der Waals surface area contributed by atoms with Crippen molar-refractivity contribution < 1.29 is 19.2 Å². The Morgan fingerprint density at radius 1 is 0.842 bits per heavy atom. The number of aryl methyl sites for hydroxylation is 1. The third kappa shape index (κ3) is 6.17. The maximum atomic E-state index is 13.7. The number of rotatable bonds is 11. The molecule has 3 aromatic rings. The van der Waals surface area contributed by atoms with E-state index in [2.05, 4.69) is 5.32 Å². The first kappa shape index (κ1) is 26.8. The van der Waals surface area contributed by atoms with Gasteiger partial charge in [0.2, 0.25) is 11.8 Å². The summed E-state index contributed by atoms with van der Waals surface area (Å²) in [6, 6.07) is 23.6. The first-order valence-corrected chi connectivity index (χ1v) is 13.0. The minimum Gasteiger partial charge on any atom is -0.355 e. The molecular formula is C31H33N3O4. The highest BCUT2D eigenvalue weighted by atomic mass is 16.2. The van der Waals surface area contributed by atoms with Crippen molar-refractivity contribution in [2.75, 3.05) is 13.1 Å². The SMILES string of the molecule is CCNC(=O)C(Cc1ccccc1)N(Cc1ccc(C)cc1)C(=O)CCCN1C(=O)c2ccccc2C1=O. The lowest BCUT2D eigenvalue weighted by Crippen LogP contribution is -2.50. The molecule has 0 saturated heterocycles. The predicted molar refractivity (Wildman–Crippen MR) is 145 cm³/mol. The highest BCUT2D eigenvalue weighted by molar-refractivity contribution is 6.21. The van der Waals surface area contributed by atoms with Gasteiger partial charge >= 0.3 is 0 Å². The molecule has 0 bridgehead atoms. The molecule has 1 N–H and O–H groups in total. The smallest absolute Gasteiger partial charge is 0.261 e. The summed E-state index contributed by atoms with van der Waals surface area (Å²) in [7, 11) is 0. The third-order valence-corrected chi connectivity index (χ3v) is 6.75. The first-order valence-electron chi connectivity index (χ1n) is 13.0. The van der Waals surface area contributed by atoms with Crippen LogP contribution in [-0.2, 0) is 22.6 Å². The molecule has 1 aliphatic rings. The van der Waals surface area contributed by atoms with E-state index in [0.29, 0.717) is 30.5 Å². The average Bonchev–Trinajstić information content (AvgIpc) is 3.17. The monoisotopic (exact) mass is 511 g/mol. The number of amides is 4. The van der Waals surface area contributed by atoms with E-state index in [1.807, 2.05) is 68.4 Å². The highest BCUT2D eigenvalue weighted by Gasteiger charge is 2.35. The Bertz CT molecular complexity index is 1270. The van der Waals surface area contributed by atoms with Gasteiger partial charge < -0.3 is 10.2 Å². The number of nitrogens with one attached hydrogen (secondary N) is 1. The lowest BCUT2D eigenvalue weighted by Gasteiger charge is -2.31. The van der Waals surface area contributed by atoms with Crippen molar-refractivity contribution in [2.24, 2.45) is 0 Å². The van der Waals surface area contributed by atoms with Crippen molar-refractivity contribution in [2.45, 2.75) is 45.7 Å². The summed E-state index contributed by atoms with van der Waals surface area (Å²) in [5.74, 6) is -1.08. The fraction of sp³-hybridized carbons (Fsp3) is 0.290. The normalized spacial score (nSPS) is 13.3. The Morgan fingerprint density at radius 3 is 2.05 bits per heavy atom. The van der Waals surface area contributed by atoms with Gasteiger partial charge in [0, 0.05) is 32.5 Å². The number of hydrogen-bond donors (Lipinski definition) is 1. The number of hydrogen-bond acceptors (Lipinski definition) is 4. The van der Waals surface area contributed by atoms with E-state index in [4.69, 9.17) is 0 Å². The number of likely N-dealkylation sites (N-methyl/N-ethyl adjacent to an activating group) is 1. The van der Waals surface area contributed by atoms with E-state index >= 15 is 0 Å². The van der Waals surface area contributed by atoms with Gasteiger partial charge in [-0.3, -0.25) is 24.1 Å². The van der Waals surface area contributed by atoms with Crippen molar-refractivity contribution >= 4 is 23.6 Å². The van der Waals surface area contributed by atoms with Crippen molar-refractivity contribution in [1.29, 1.82) is 0 Å². The van der Waals surface area contributed by atoms with Crippen LogP contribution < -0.4 is 5.32 Å². The molecule has 1 atom stereocenters. The Labute approximate surface area is 223 Å². The fourth-order valence-electron chi connectivity index (χ4n) is 4.71. The maximum absolute atomic E-state index is 13.7. The van der Waals surface area contributed by atoms with Gasteiger partial charge in [-0.1, -0.05) is 72.3 Å². The molecule has 1 unspecified atom stereocenters. The quantitative estimate of drug-likeness (QED) is 0.392. The molecule has 1 heterocycles. The molecule has 0 fully saturated rings. The summed E-state index contributed by atoms with van der Waals surface area (Å²) in [4.78, 5) is 55.2. The second-order valence-electron chi connectivity index (χ2n) is 9.52. The zero-order chi connectivity index (χ0) is 27.1. The number of benzene rings is 3. The van der Waals surface area contributed by atoms with E-state index in [1.165, 1.54) is 4.90 Å². The highest BCUT2D eigenvalue weighted by Crippen LogP contribution is 2.23. The minimum absolute atomic E-state index is 0.101. The number of nitrogens with zero attached hydrogens (tertiary/aromatic N) is 2. The van der Waals surface area contributed by atoms with Crippen molar-refractivity contribution in [3.63, 3.8) is 0 Å². The molecular weight excluding hydrogens is 478 g/mol. The Balaban J connectivity index is 1.52. The number of carbonyl (C=O) groups excluding carboxylic acids is 4. The van der Waals surface area contributed by atoms with Gasteiger partial charge in [0.25, 0.3) is 11.8 Å². The summed E-state index contributed by atoms with van der Waals surface area (Å²) in [5, 5.41) is 2.89. The maximum Gasteiger partial charge on any atom is 0.261 e. The van der Waals surface area contributed by atoms with Gasteiger partial charge in [0.15, 0.2) is 0 Å². The molecule has 1 aliphatic heterocycles. The molecule has 0 saturated carbocycles. The average molecular weight is 512 g/mol. The van der Waals surface area contributed by atoms with Crippen molar-refractivity contribution in [3.05, 3.63) is 107 Å². The summed E-state index contributed by atoms with van der Waals surface area (Å²) in [5.41, 5.74) is 3.77. The van der Waals surface area contributed by atoms with E-state index < -0.39 is 6.04 Å². The molecule has 4 rings (SSSR count). The summed E-state index contributed by atoms with van der Waals surface area (Å²) in [6.45, 7) is 4.72. The van der Waals surface area contributed by atoms with Crippen LogP contribution in [0, 0.1) is 6.92 Å². The zero-order valence-corrected chi connectivity index (χ0v) is 21.9. The second kappa shape index (κ2) is 12.3. The number of fused-ring (bicyclic) bond motifs is 1. The molecule has 4 amide bonds. The Morgan fingerprint density at radius 2 is 1.45 bits per heavy atom. The van der Waals surface area contributed by atoms with E-state index in [-0.39, 0.29) is 43.1 Å². The van der Waals surface area contributed by atoms with E-state index in [0.717, 1.165) is 16.7 Å². The molecule has 38 heavy (non-hydrogen) atoms. The second-order valence-corrected chi connectivity index (χ2v) is 9.52. The fourth-order valence-corrected chi connectivity index (χ4v) is 4.71. The van der Waals surface area contributed by atoms with Gasteiger partial charge in [-0.25, -0.2) is 0 Å². The zero-order valence-electron chi connectivity index (χ0n) is 21.9. The van der Waals surface area contributed by atoms with Gasteiger partial charge in [-0.15, -0.1) is 0 Å². The van der Waals surface area contributed by atoms with E-state index in [9.17, 15) is 19.2 Å². The number of carbonyl (C=O) groups is 4. The van der Waals surface area contributed by atoms with Gasteiger partial charge in [-0.05, 0) is 43.5 Å². The third-order valence-electron chi connectivity index (χ3n) is 6.75. The molecule has 0 radical (unpaired) electrons. The van der Waals surface area contributed by atoms with Gasteiger partial charge in [0.1, 0.15) is 6.04 Å². The van der Waals surface area contributed by atoms with Crippen LogP contribution in [0.1, 0.15) is 57.2 Å². The van der Waals surface area contributed by atoms with Crippen molar-refractivity contribution in [1.82, 2.24) is 15.1 Å². The Kier molecular flexibility index (Phi) is 8.69.